The highest BCUT2D eigenvalue weighted by Crippen LogP contribution is 2.11. The summed E-state index contributed by atoms with van der Waals surface area (Å²) in [6, 6.07) is 17.4. The van der Waals surface area contributed by atoms with Gasteiger partial charge in [0.25, 0.3) is 0 Å². The summed E-state index contributed by atoms with van der Waals surface area (Å²) < 4.78 is 0. The molecule has 0 saturated heterocycles. The van der Waals surface area contributed by atoms with Crippen molar-refractivity contribution in [1.29, 1.82) is 0 Å². The van der Waals surface area contributed by atoms with Crippen LogP contribution in [0.4, 0.5) is 0 Å². The van der Waals surface area contributed by atoms with Gasteiger partial charge in [-0.1, -0.05) is 77.5 Å². The molecule has 0 saturated carbocycles. The molecule has 0 aliphatic heterocycles. The lowest BCUT2D eigenvalue weighted by Gasteiger charge is -2.08. The number of hydrogen-bond acceptors (Lipinski definition) is 3. The quantitative estimate of drug-likeness (QED) is 0.499. The predicted molar refractivity (Wildman–Crippen MR) is 85.6 cm³/mol. The smallest absolute Gasteiger partial charge is 0.0896 e. The molecule has 0 amide bonds. The van der Waals surface area contributed by atoms with Crippen molar-refractivity contribution < 1.29 is 10.3 Å². The monoisotopic (exact) mass is 281 g/mol. The third-order valence-corrected chi connectivity index (χ3v) is 3.22. The summed E-state index contributed by atoms with van der Waals surface area (Å²) in [4.78, 5) is 0. The number of oxime groups is 1. The van der Waals surface area contributed by atoms with Crippen molar-refractivity contribution in [1.82, 2.24) is 0 Å². The van der Waals surface area contributed by atoms with Gasteiger partial charge in [0.05, 0.1) is 11.8 Å². The van der Waals surface area contributed by atoms with Gasteiger partial charge in [0.2, 0.25) is 0 Å². The van der Waals surface area contributed by atoms with E-state index in [-0.39, 0.29) is 6.42 Å². The second kappa shape index (κ2) is 7.41. The molecule has 2 rings (SSSR count). The Morgan fingerprint density at radius 1 is 1.10 bits per heavy atom. The molecular weight excluding hydrogens is 262 g/mol. The fourth-order valence-electron chi connectivity index (χ4n) is 2.01. The zero-order valence-corrected chi connectivity index (χ0v) is 12.0. The molecule has 1 atom stereocenters. The fraction of sp³-hybridized carbons (Fsp3) is 0.167. The highest BCUT2D eigenvalue weighted by atomic mass is 16.4. The third kappa shape index (κ3) is 4.58. The van der Waals surface area contributed by atoms with Gasteiger partial charge in [-0.3, -0.25) is 0 Å². The lowest BCUT2D eigenvalue weighted by molar-refractivity contribution is 0.229. The van der Waals surface area contributed by atoms with E-state index in [1.807, 2.05) is 67.6 Å². The molecule has 1 unspecified atom stereocenters. The molecule has 2 N–H and O–H groups in total. The van der Waals surface area contributed by atoms with Crippen molar-refractivity contribution in [2.75, 3.05) is 0 Å². The summed E-state index contributed by atoms with van der Waals surface area (Å²) in [5.74, 6) is 0. The molecule has 3 nitrogen and oxygen atoms in total. The molecule has 0 bridgehead atoms. The maximum absolute atomic E-state index is 10.0. The first-order valence-electron chi connectivity index (χ1n) is 6.88. The minimum absolute atomic E-state index is 0.267. The number of rotatable bonds is 5. The highest BCUT2D eigenvalue weighted by Gasteiger charge is 2.09. The van der Waals surface area contributed by atoms with Gasteiger partial charge in [-0.05, 0) is 18.1 Å². The van der Waals surface area contributed by atoms with Gasteiger partial charge >= 0.3 is 0 Å². The SMILES string of the molecule is Cc1ccc(/C(CC(O)/C=C/c2ccccc2)=N\O)cc1. The number of aliphatic hydroxyl groups excluding tert-OH is 1. The van der Waals surface area contributed by atoms with Gasteiger partial charge in [0.15, 0.2) is 0 Å². The summed E-state index contributed by atoms with van der Waals surface area (Å²) in [6.07, 6.45) is 3.13. The Balaban J connectivity index is 2.02. The van der Waals surface area contributed by atoms with Gasteiger partial charge in [0.1, 0.15) is 0 Å². The van der Waals surface area contributed by atoms with Crippen molar-refractivity contribution >= 4 is 11.8 Å². The van der Waals surface area contributed by atoms with Crippen LogP contribution in [-0.4, -0.2) is 22.1 Å². The molecule has 0 heterocycles. The molecule has 0 aromatic heterocycles. The predicted octanol–water partition coefficient (Wildman–Crippen LogP) is 3.64. The van der Waals surface area contributed by atoms with Crippen molar-refractivity contribution in [2.45, 2.75) is 19.4 Å². The second-order valence-corrected chi connectivity index (χ2v) is 4.95. The van der Waals surface area contributed by atoms with Crippen molar-refractivity contribution in [3.05, 3.63) is 77.4 Å². The van der Waals surface area contributed by atoms with E-state index >= 15 is 0 Å². The Kier molecular flexibility index (Phi) is 5.29. The van der Waals surface area contributed by atoms with Crippen LogP contribution in [-0.2, 0) is 0 Å². The maximum atomic E-state index is 10.0. The van der Waals surface area contributed by atoms with Crippen LogP contribution in [0.1, 0.15) is 23.1 Å². The summed E-state index contributed by atoms with van der Waals surface area (Å²) >= 11 is 0. The zero-order valence-electron chi connectivity index (χ0n) is 12.0. The summed E-state index contributed by atoms with van der Waals surface area (Å²) in [7, 11) is 0. The standard InChI is InChI=1S/C18H19NO2/c1-14-7-10-16(11-8-14)18(19-21)13-17(20)12-9-15-5-3-2-4-6-15/h2-12,17,20-21H,13H2,1H3/b12-9+,19-18-. The van der Waals surface area contributed by atoms with Gasteiger partial charge in [-0.15, -0.1) is 0 Å². The molecule has 3 heteroatoms. The van der Waals surface area contributed by atoms with Gasteiger partial charge in [0, 0.05) is 6.42 Å². The Bertz CT molecular complexity index is 615. The van der Waals surface area contributed by atoms with Gasteiger partial charge in [-0.25, -0.2) is 0 Å². The molecule has 21 heavy (non-hydrogen) atoms. The van der Waals surface area contributed by atoms with Crippen molar-refractivity contribution in [2.24, 2.45) is 5.16 Å². The Hall–Kier alpha value is -2.39. The second-order valence-electron chi connectivity index (χ2n) is 4.95. The van der Waals surface area contributed by atoms with Gasteiger partial charge in [-0.2, -0.15) is 0 Å². The van der Waals surface area contributed by atoms with Crippen molar-refractivity contribution in [3.8, 4) is 0 Å². The van der Waals surface area contributed by atoms with Crippen molar-refractivity contribution in [3.63, 3.8) is 0 Å². The molecule has 0 fully saturated rings. The van der Waals surface area contributed by atoms with E-state index in [2.05, 4.69) is 5.16 Å². The minimum atomic E-state index is -0.697. The largest absolute Gasteiger partial charge is 0.411 e. The van der Waals surface area contributed by atoms with E-state index in [0.29, 0.717) is 5.71 Å². The summed E-state index contributed by atoms with van der Waals surface area (Å²) in [6.45, 7) is 2.00. The molecule has 0 radical (unpaired) electrons. The van der Waals surface area contributed by atoms with E-state index < -0.39 is 6.10 Å². The van der Waals surface area contributed by atoms with Crippen LogP contribution in [0.5, 0.6) is 0 Å². The Morgan fingerprint density at radius 2 is 1.76 bits per heavy atom. The topological polar surface area (TPSA) is 52.8 Å². The van der Waals surface area contributed by atoms with Crippen LogP contribution in [0.3, 0.4) is 0 Å². The third-order valence-electron chi connectivity index (χ3n) is 3.22. The van der Waals surface area contributed by atoms with Gasteiger partial charge < -0.3 is 10.3 Å². The maximum Gasteiger partial charge on any atom is 0.0896 e. The Labute approximate surface area is 124 Å². The van der Waals surface area contributed by atoms with Crippen LogP contribution >= 0.6 is 0 Å². The first-order valence-corrected chi connectivity index (χ1v) is 6.88. The number of aliphatic hydroxyl groups is 1. The average Bonchev–Trinajstić information content (AvgIpc) is 2.52. The first-order chi connectivity index (χ1) is 10.2. The van der Waals surface area contributed by atoms with Crippen LogP contribution in [0.2, 0.25) is 0 Å². The first kappa shape index (κ1) is 15.0. The molecule has 0 spiro atoms. The van der Waals surface area contributed by atoms with E-state index in [9.17, 15) is 5.11 Å². The number of nitrogens with zero attached hydrogens (tertiary/aromatic N) is 1. The fourth-order valence-corrected chi connectivity index (χ4v) is 2.01. The Morgan fingerprint density at radius 3 is 2.38 bits per heavy atom. The molecule has 108 valence electrons. The normalized spacial score (nSPS) is 13.5. The van der Waals surface area contributed by atoms with E-state index in [1.165, 1.54) is 0 Å². The molecule has 2 aromatic carbocycles. The summed E-state index contributed by atoms with van der Waals surface area (Å²) in [5.41, 5.74) is 3.45. The van der Waals surface area contributed by atoms with Crippen LogP contribution in [0, 0.1) is 6.92 Å². The molecular formula is C18H19NO2. The lowest BCUT2D eigenvalue weighted by atomic mass is 10.0. The summed E-state index contributed by atoms with van der Waals surface area (Å²) in [5, 5.41) is 22.5. The molecule has 0 aliphatic carbocycles. The minimum Gasteiger partial charge on any atom is -0.411 e. The number of aryl methyl sites for hydroxylation is 1. The van der Waals surface area contributed by atoms with Crippen LogP contribution < -0.4 is 0 Å². The number of hydrogen-bond donors (Lipinski definition) is 2. The van der Waals surface area contributed by atoms with E-state index in [0.717, 1.165) is 16.7 Å². The molecule has 2 aromatic rings. The lowest BCUT2D eigenvalue weighted by Crippen LogP contribution is -2.12. The average molecular weight is 281 g/mol. The zero-order chi connectivity index (χ0) is 15.1. The van der Waals surface area contributed by atoms with Crippen LogP contribution in [0.15, 0.2) is 65.8 Å². The number of benzene rings is 2. The van der Waals surface area contributed by atoms with Crippen LogP contribution in [0.25, 0.3) is 6.08 Å². The molecule has 0 aliphatic rings. The highest BCUT2D eigenvalue weighted by molar-refractivity contribution is 6.00. The van der Waals surface area contributed by atoms with E-state index in [4.69, 9.17) is 5.21 Å². The van der Waals surface area contributed by atoms with E-state index in [1.54, 1.807) is 6.08 Å².